The van der Waals surface area contributed by atoms with Crippen LogP contribution in [0.2, 0.25) is 0 Å². The number of carbonyl (C=O) groups is 1. The van der Waals surface area contributed by atoms with Crippen LogP contribution in [0.15, 0.2) is 60.7 Å². The van der Waals surface area contributed by atoms with E-state index in [1.807, 2.05) is 60.7 Å². The molecule has 6 nitrogen and oxygen atoms in total. The Morgan fingerprint density at radius 3 is 2.62 bits per heavy atom. The van der Waals surface area contributed by atoms with Crippen molar-refractivity contribution >= 4 is 17.4 Å². The van der Waals surface area contributed by atoms with Crippen molar-refractivity contribution in [2.75, 3.05) is 30.4 Å². The van der Waals surface area contributed by atoms with Crippen LogP contribution in [0.5, 0.6) is 5.75 Å². The molecule has 148 valence electrons. The quantitative estimate of drug-likeness (QED) is 0.693. The summed E-state index contributed by atoms with van der Waals surface area (Å²) >= 11 is 0. The third-order valence-corrected chi connectivity index (χ3v) is 5.02. The lowest BCUT2D eigenvalue weighted by Gasteiger charge is -2.15. The highest BCUT2D eigenvalue weighted by atomic mass is 16.5. The Hall–Kier alpha value is -3.41. The molecule has 1 N–H and O–H groups in total. The lowest BCUT2D eigenvalue weighted by atomic mass is 10.1. The number of benzene rings is 2. The van der Waals surface area contributed by atoms with Gasteiger partial charge in [-0.15, -0.1) is 10.2 Å². The molecule has 6 heteroatoms. The molecule has 1 aromatic heterocycles. The van der Waals surface area contributed by atoms with E-state index < -0.39 is 0 Å². The Bertz CT molecular complexity index is 982. The first-order valence-electron chi connectivity index (χ1n) is 9.83. The second kappa shape index (κ2) is 8.73. The zero-order valence-electron chi connectivity index (χ0n) is 16.5. The molecule has 29 heavy (non-hydrogen) atoms. The Morgan fingerprint density at radius 2 is 1.86 bits per heavy atom. The van der Waals surface area contributed by atoms with Crippen molar-refractivity contribution in [1.82, 2.24) is 10.2 Å². The molecule has 1 fully saturated rings. The number of amides is 1. The maximum atomic E-state index is 12.4. The maximum Gasteiger partial charge on any atom is 0.228 e. The van der Waals surface area contributed by atoms with Gasteiger partial charge in [-0.25, -0.2) is 0 Å². The fraction of sp³-hybridized carbons (Fsp3) is 0.261. The van der Waals surface area contributed by atoms with Gasteiger partial charge in [0.2, 0.25) is 5.91 Å². The monoisotopic (exact) mass is 388 g/mol. The predicted octanol–water partition coefficient (Wildman–Crippen LogP) is 3.93. The van der Waals surface area contributed by atoms with Crippen LogP contribution >= 0.6 is 0 Å². The summed E-state index contributed by atoms with van der Waals surface area (Å²) in [6.45, 7) is 2.09. The van der Waals surface area contributed by atoms with E-state index in [0.717, 1.165) is 47.2 Å². The van der Waals surface area contributed by atoms with Gasteiger partial charge < -0.3 is 15.0 Å². The number of rotatable bonds is 6. The van der Waals surface area contributed by atoms with Gasteiger partial charge in [0.25, 0.3) is 0 Å². The van der Waals surface area contributed by atoms with Gasteiger partial charge in [0.05, 0.1) is 19.2 Å². The summed E-state index contributed by atoms with van der Waals surface area (Å²) < 4.78 is 5.21. The first-order valence-corrected chi connectivity index (χ1v) is 9.83. The zero-order chi connectivity index (χ0) is 20.1. The van der Waals surface area contributed by atoms with Crippen LogP contribution in [0.3, 0.4) is 0 Å². The van der Waals surface area contributed by atoms with Crippen LogP contribution < -0.4 is 15.0 Å². The fourth-order valence-electron chi connectivity index (χ4n) is 3.52. The van der Waals surface area contributed by atoms with Crippen LogP contribution in [-0.2, 0) is 11.2 Å². The number of nitrogens with zero attached hydrogens (tertiary/aromatic N) is 3. The lowest BCUT2D eigenvalue weighted by Crippen LogP contribution is -2.19. The average molecular weight is 388 g/mol. The average Bonchev–Trinajstić information content (AvgIpc) is 3.29. The van der Waals surface area contributed by atoms with E-state index in [4.69, 9.17) is 4.74 Å². The second-order valence-corrected chi connectivity index (χ2v) is 7.13. The maximum absolute atomic E-state index is 12.4. The van der Waals surface area contributed by atoms with Crippen molar-refractivity contribution in [2.24, 2.45) is 0 Å². The Kier molecular flexibility index (Phi) is 5.70. The third kappa shape index (κ3) is 4.71. The largest absolute Gasteiger partial charge is 0.497 e. The van der Waals surface area contributed by atoms with Crippen molar-refractivity contribution in [1.29, 1.82) is 0 Å². The normalized spacial score (nSPS) is 13.3. The van der Waals surface area contributed by atoms with E-state index in [0.29, 0.717) is 0 Å². The summed E-state index contributed by atoms with van der Waals surface area (Å²) in [6.07, 6.45) is 2.70. The molecule has 2 heterocycles. The molecule has 0 unspecified atom stereocenters. The third-order valence-electron chi connectivity index (χ3n) is 5.02. The van der Waals surface area contributed by atoms with Gasteiger partial charge in [-0.3, -0.25) is 4.79 Å². The number of hydrogen-bond donors (Lipinski definition) is 1. The first-order chi connectivity index (χ1) is 14.2. The van der Waals surface area contributed by atoms with E-state index in [2.05, 4.69) is 20.4 Å². The van der Waals surface area contributed by atoms with Crippen molar-refractivity contribution in [3.05, 3.63) is 66.2 Å². The summed E-state index contributed by atoms with van der Waals surface area (Å²) in [7, 11) is 1.62. The smallest absolute Gasteiger partial charge is 0.228 e. The highest BCUT2D eigenvalue weighted by molar-refractivity contribution is 5.92. The molecule has 0 bridgehead atoms. The van der Waals surface area contributed by atoms with Crippen LogP contribution in [0.1, 0.15) is 18.4 Å². The van der Waals surface area contributed by atoms with E-state index >= 15 is 0 Å². The minimum atomic E-state index is -0.0779. The van der Waals surface area contributed by atoms with Gasteiger partial charge in [-0.2, -0.15) is 0 Å². The number of methoxy groups -OCH3 is 1. The Balaban J connectivity index is 1.43. The summed E-state index contributed by atoms with van der Waals surface area (Å²) in [6, 6.07) is 19.2. The molecule has 0 aliphatic carbocycles. The number of hydrogen-bond acceptors (Lipinski definition) is 5. The lowest BCUT2D eigenvalue weighted by molar-refractivity contribution is -0.115. The summed E-state index contributed by atoms with van der Waals surface area (Å²) in [5.74, 6) is 1.59. The SMILES string of the molecule is COc1cccc(CC(=O)Nc2cccc(-c3ccc(N4CCCC4)nn3)c2)c1. The molecule has 0 atom stereocenters. The number of carbonyl (C=O) groups excluding carboxylic acids is 1. The van der Waals surface area contributed by atoms with Gasteiger partial charge in [-0.05, 0) is 54.8 Å². The topological polar surface area (TPSA) is 67.3 Å². The molecule has 0 saturated carbocycles. The van der Waals surface area contributed by atoms with Crippen molar-refractivity contribution < 1.29 is 9.53 Å². The van der Waals surface area contributed by atoms with E-state index in [1.165, 1.54) is 12.8 Å². The molecule has 1 amide bonds. The number of nitrogens with one attached hydrogen (secondary N) is 1. The van der Waals surface area contributed by atoms with Crippen LogP contribution in [-0.4, -0.2) is 36.3 Å². The number of ether oxygens (including phenoxy) is 1. The van der Waals surface area contributed by atoms with E-state index in [1.54, 1.807) is 7.11 Å². The van der Waals surface area contributed by atoms with Gasteiger partial charge in [0.15, 0.2) is 5.82 Å². The Labute approximate surface area is 170 Å². The Morgan fingerprint density at radius 1 is 1.03 bits per heavy atom. The standard InChI is InChI=1S/C23H24N4O2/c1-29-20-9-4-6-17(14-20)15-23(28)24-19-8-5-7-18(16-19)21-10-11-22(26-25-21)27-12-2-3-13-27/h4-11,14,16H,2-3,12-13,15H2,1H3,(H,24,28). The molecule has 0 radical (unpaired) electrons. The molecule has 0 spiro atoms. The molecule has 1 aliphatic heterocycles. The predicted molar refractivity (Wildman–Crippen MR) is 114 cm³/mol. The minimum Gasteiger partial charge on any atom is -0.497 e. The van der Waals surface area contributed by atoms with Gasteiger partial charge in [0, 0.05) is 24.3 Å². The summed E-state index contributed by atoms with van der Waals surface area (Å²) in [5.41, 5.74) is 3.35. The van der Waals surface area contributed by atoms with E-state index in [9.17, 15) is 4.79 Å². The first kappa shape index (κ1) is 18.9. The molecular weight excluding hydrogens is 364 g/mol. The number of anilines is 2. The zero-order valence-corrected chi connectivity index (χ0v) is 16.5. The van der Waals surface area contributed by atoms with Crippen molar-refractivity contribution in [3.8, 4) is 17.0 Å². The molecular formula is C23H24N4O2. The van der Waals surface area contributed by atoms with Gasteiger partial charge >= 0.3 is 0 Å². The van der Waals surface area contributed by atoms with E-state index in [-0.39, 0.29) is 12.3 Å². The minimum absolute atomic E-state index is 0.0779. The summed E-state index contributed by atoms with van der Waals surface area (Å²) in [4.78, 5) is 14.7. The molecule has 1 saturated heterocycles. The summed E-state index contributed by atoms with van der Waals surface area (Å²) in [5, 5.41) is 11.7. The fourth-order valence-corrected chi connectivity index (χ4v) is 3.52. The van der Waals surface area contributed by atoms with Crippen molar-refractivity contribution in [2.45, 2.75) is 19.3 Å². The van der Waals surface area contributed by atoms with Crippen molar-refractivity contribution in [3.63, 3.8) is 0 Å². The number of aromatic nitrogens is 2. The molecule has 3 aromatic rings. The van der Waals surface area contributed by atoms with Crippen LogP contribution in [0.25, 0.3) is 11.3 Å². The van der Waals surface area contributed by atoms with Crippen LogP contribution in [0, 0.1) is 0 Å². The van der Waals surface area contributed by atoms with Crippen LogP contribution in [0.4, 0.5) is 11.5 Å². The molecule has 2 aromatic carbocycles. The second-order valence-electron chi connectivity index (χ2n) is 7.13. The van der Waals surface area contributed by atoms with Gasteiger partial charge in [0.1, 0.15) is 5.75 Å². The highest BCUT2D eigenvalue weighted by Crippen LogP contribution is 2.23. The molecule has 4 rings (SSSR count). The molecule has 1 aliphatic rings. The van der Waals surface area contributed by atoms with Gasteiger partial charge in [-0.1, -0.05) is 24.3 Å². The highest BCUT2D eigenvalue weighted by Gasteiger charge is 2.14.